The van der Waals surface area contributed by atoms with Crippen LogP contribution >= 0.6 is 0 Å². The van der Waals surface area contributed by atoms with E-state index in [9.17, 15) is 0 Å². The largest absolute Gasteiger partial charge is 0.464 e. The Morgan fingerprint density at radius 3 is 2.86 bits per heavy atom. The molecule has 0 aliphatic carbocycles. The number of hydrogen-bond acceptors (Lipinski definition) is 4. The first-order valence-electron chi connectivity index (χ1n) is 7.89. The molecule has 2 fully saturated rings. The Kier molecular flexibility index (Phi) is 3.67. The molecule has 0 N–H and O–H groups in total. The Morgan fingerprint density at radius 1 is 1.10 bits per heavy atom. The van der Waals surface area contributed by atoms with E-state index in [1.807, 2.05) is 18.4 Å². The summed E-state index contributed by atoms with van der Waals surface area (Å²) in [6, 6.07) is 9.01. The van der Waals surface area contributed by atoms with Crippen molar-refractivity contribution in [2.75, 3.05) is 39.4 Å². The number of morpholine rings is 1. The number of nitrogens with zero attached hydrogens (tertiary/aromatic N) is 2. The van der Waals surface area contributed by atoms with Gasteiger partial charge in [-0.2, -0.15) is 0 Å². The molecule has 0 bridgehead atoms. The lowest BCUT2D eigenvalue weighted by atomic mass is 10.1. The fraction of sp³-hybridized carbons (Fsp3) is 0.529. The second-order valence-electron chi connectivity index (χ2n) is 6.08. The van der Waals surface area contributed by atoms with Gasteiger partial charge in [-0.25, -0.2) is 0 Å². The molecule has 3 heterocycles. The summed E-state index contributed by atoms with van der Waals surface area (Å²) in [6.45, 7) is 7.31. The van der Waals surface area contributed by atoms with Gasteiger partial charge in [0.2, 0.25) is 0 Å². The molecule has 0 amide bonds. The third kappa shape index (κ3) is 2.71. The van der Waals surface area contributed by atoms with Gasteiger partial charge in [-0.05, 0) is 12.5 Å². The van der Waals surface area contributed by atoms with Crippen LogP contribution in [-0.2, 0) is 11.3 Å². The van der Waals surface area contributed by atoms with Crippen molar-refractivity contribution in [2.45, 2.75) is 19.0 Å². The van der Waals surface area contributed by atoms with Crippen LogP contribution in [0.15, 0.2) is 34.9 Å². The van der Waals surface area contributed by atoms with Crippen LogP contribution in [0.1, 0.15) is 12.0 Å². The summed E-state index contributed by atoms with van der Waals surface area (Å²) < 4.78 is 11.1. The Balaban J connectivity index is 1.42. The molecule has 1 aromatic heterocycles. The zero-order valence-corrected chi connectivity index (χ0v) is 12.3. The van der Waals surface area contributed by atoms with E-state index in [1.165, 1.54) is 30.5 Å². The van der Waals surface area contributed by atoms with Crippen LogP contribution in [0, 0.1) is 0 Å². The van der Waals surface area contributed by atoms with E-state index in [0.29, 0.717) is 6.04 Å². The van der Waals surface area contributed by atoms with Crippen LogP contribution in [0.25, 0.3) is 11.0 Å². The minimum Gasteiger partial charge on any atom is -0.464 e. The number of ether oxygens (including phenoxy) is 1. The molecular formula is C17H22N2O2. The highest BCUT2D eigenvalue weighted by atomic mass is 16.5. The first-order chi connectivity index (χ1) is 10.4. The topological polar surface area (TPSA) is 28.9 Å². The average Bonchev–Trinajstić information content (AvgIpc) is 3.17. The number of likely N-dealkylation sites (tertiary alicyclic amines) is 1. The zero-order valence-electron chi connectivity index (χ0n) is 12.3. The summed E-state index contributed by atoms with van der Waals surface area (Å²) >= 11 is 0. The molecule has 1 unspecified atom stereocenters. The summed E-state index contributed by atoms with van der Waals surface area (Å²) in [5.74, 6) is 0. The van der Waals surface area contributed by atoms with Crippen molar-refractivity contribution >= 4 is 11.0 Å². The van der Waals surface area contributed by atoms with Crippen LogP contribution in [-0.4, -0.2) is 55.2 Å². The van der Waals surface area contributed by atoms with Crippen LogP contribution < -0.4 is 0 Å². The van der Waals surface area contributed by atoms with Crippen LogP contribution in [0.4, 0.5) is 0 Å². The average molecular weight is 286 g/mol. The van der Waals surface area contributed by atoms with Gasteiger partial charge >= 0.3 is 0 Å². The van der Waals surface area contributed by atoms with Gasteiger partial charge in [0.05, 0.1) is 19.5 Å². The van der Waals surface area contributed by atoms with E-state index in [0.717, 1.165) is 38.4 Å². The quantitative estimate of drug-likeness (QED) is 0.866. The second kappa shape index (κ2) is 5.79. The number of benzene rings is 1. The molecule has 2 saturated heterocycles. The third-order valence-corrected chi connectivity index (χ3v) is 4.76. The highest BCUT2D eigenvalue weighted by molar-refractivity contribution is 5.80. The van der Waals surface area contributed by atoms with Crippen LogP contribution in [0.2, 0.25) is 0 Å². The highest BCUT2D eigenvalue weighted by Crippen LogP contribution is 2.25. The Hall–Kier alpha value is -1.36. The lowest BCUT2D eigenvalue weighted by Gasteiger charge is -2.32. The lowest BCUT2D eigenvalue weighted by molar-refractivity contribution is 0.0184. The molecule has 0 spiro atoms. The standard InChI is InChI=1S/C17H22N2O2/c1-2-4-17-16(3-1)14(13-21-17)11-18-6-5-15(12-18)19-7-9-20-10-8-19/h1-4,13,15H,5-12H2. The van der Waals surface area contributed by atoms with Gasteiger partial charge in [0.25, 0.3) is 0 Å². The second-order valence-corrected chi connectivity index (χ2v) is 6.08. The molecule has 112 valence electrons. The summed E-state index contributed by atoms with van der Waals surface area (Å²) in [4.78, 5) is 5.15. The monoisotopic (exact) mass is 286 g/mol. The third-order valence-electron chi connectivity index (χ3n) is 4.76. The first kappa shape index (κ1) is 13.3. The smallest absolute Gasteiger partial charge is 0.134 e. The van der Waals surface area contributed by atoms with Crippen molar-refractivity contribution in [3.8, 4) is 0 Å². The molecule has 4 rings (SSSR count). The molecule has 2 aliphatic heterocycles. The molecule has 0 saturated carbocycles. The molecular weight excluding hydrogens is 264 g/mol. The van der Waals surface area contributed by atoms with Crippen molar-refractivity contribution in [1.82, 2.24) is 9.80 Å². The normalized spacial score (nSPS) is 24.9. The summed E-state index contributed by atoms with van der Waals surface area (Å²) in [6.07, 6.45) is 3.20. The maximum absolute atomic E-state index is 5.65. The zero-order chi connectivity index (χ0) is 14.1. The predicted molar refractivity (Wildman–Crippen MR) is 82.3 cm³/mol. The summed E-state index contributed by atoms with van der Waals surface area (Å²) in [5.41, 5.74) is 2.31. The number of para-hydroxylation sites is 1. The number of hydrogen-bond donors (Lipinski definition) is 0. The van der Waals surface area contributed by atoms with Gasteiger partial charge in [-0.1, -0.05) is 18.2 Å². The van der Waals surface area contributed by atoms with Crippen molar-refractivity contribution in [3.05, 3.63) is 36.1 Å². The van der Waals surface area contributed by atoms with Gasteiger partial charge in [0, 0.05) is 49.7 Å². The van der Waals surface area contributed by atoms with E-state index in [1.54, 1.807) is 0 Å². The number of rotatable bonds is 3. The van der Waals surface area contributed by atoms with Crippen molar-refractivity contribution in [3.63, 3.8) is 0 Å². The Labute approximate surface area is 125 Å². The van der Waals surface area contributed by atoms with Crippen LogP contribution in [0.5, 0.6) is 0 Å². The molecule has 4 heteroatoms. The first-order valence-corrected chi connectivity index (χ1v) is 7.89. The van der Waals surface area contributed by atoms with Crippen molar-refractivity contribution in [1.29, 1.82) is 0 Å². The Bertz CT molecular complexity index is 604. The minimum atomic E-state index is 0.701. The van der Waals surface area contributed by atoms with Gasteiger partial charge in [-0.15, -0.1) is 0 Å². The van der Waals surface area contributed by atoms with E-state index >= 15 is 0 Å². The fourth-order valence-electron chi connectivity index (χ4n) is 3.59. The molecule has 1 atom stereocenters. The van der Waals surface area contributed by atoms with Gasteiger partial charge in [0.15, 0.2) is 0 Å². The van der Waals surface area contributed by atoms with Gasteiger partial charge in [-0.3, -0.25) is 9.80 Å². The summed E-state index contributed by atoms with van der Waals surface area (Å²) in [7, 11) is 0. The summed E-state index contributed by atoms with van der Waals surface area (Å²) in [5, 5.41) is 1.26. The Morgan fingerprint density at radius 2 is 1.95 bits per heavy atom. The molecule has 2 aliphatic rings. The molecule has 21 heavy (non-hydrogen) atoms. The van der Waals surface area contributed by atoms with Gasteiger partial charge in [0.1, 0.15) is 5.58 Å². The van der Waals surface area contributed by atoms with E-state index < -0.39 is 0 Å². The maximum Gasteiger partial charge on any atom is 0.134 e. The SMILES string of the molecule is c1ccc2c(CN3CCC(N4CCOCC4)C3)coc2c1. The molecule has 4 nitrogen and oxygen atoms in total. The molecule has 1 aromatic carbocycles. The maximum atomic E-state index is 5.65. The van der Waals surface area contributed by atoms with Gasteiger partial charge < -0.3 is 9.15 Å². The number of furan rings is 1. The van der Waals surface area contributed by atoms with Crippen LogP contribution in [0.3, 0.4) is 0 Å². The molecule has 2 aromatic rings. The van der Waals surface area contributed by atoms with Crippen molar-refractivity contribution in [2.24, 2.45) is 0 Å². The lowest BCUT2D eigenvalue weighted by Crippen LogP contribution is -2.44. The highest BCUT2D eigenvalue weighted by Gasteiger charge is 2.28. The predicted octanol–water partition coefficient (Wildman–Crippen LogP) is 2.34. The van der Waals surface area contributed by atoms with E-state index in [2.05, 4.69) is 21.9 Å². The minimum absolute atomic E-state index is 0.701. The fourth-order valence-corrected chi connectivity index (χ4v) is 3.59. The van der Waals surface area contributed by atoms with E-state index in [-0.39, 0.29) is 0 Å². The molecule has 0 radical (unpaired) electrons. The number of fused-ring (bicyclic) bond motifs is 1. The van der Waals surface area contributed by atoms with E-state index in [4.69, 9.17) is 9.15 Å². The van der Waals surface area contributed by atoms with Crippen molar-refractivity contribution < 1.29 is 9.15 Å².